The Morgan fingerprint density at radius 1 is 1.50 bits per heavy atom. The van der Waals surface area contributed by atoms with Gasteiger partial charge in [0.15, 0.2) is 0 Å². The van der Waals surface area contributed by atoms with Gasteiger partial charge in [-0.25, -0.2) is 0 Å². The number of ether oxygens (including phenoxy) is 1. The first-order valence-electron chi connectivity index (χ1n) is 5.47. The molecule has 1 aromatic carbocycles. The van der Waals surface area contributed by atoms with E-state index < -0.39 is 0 Å². The zero-order valence-electron chi connectivity index (χ0n) is 8.96. The summed E-state index contributed by atoms with van der Waals surface area (Å²) in [4.78, 5) is 0. The van der Waals surface area contributed by atoms with Gasteiger partial charge in [-0.15, -0.1) is 0 Å². The van der Waals surface area contributed by atoms with Crippen LogP contribution in [-0.2, 0) is 4.74 Å². The largest absolute Gasteiger partial charge is 0.381 e. The van der Waals surface area contributed by atoms with Crippen molar-refractivity contribution < 1.29 is 4.74 Å². The minimum atomic E-state index is -0.00613. The van der Waals surface area contributed by atoms with Crippen molar-refractivity contribution in [2.45, 2.75) is 18.9 Å². The number of nitrogens with two attached hydrogens (primary N) is 1. The van der Waals surface area contributed by atoms with E-state index in [-0.39, 0.29) is 6.04 Å². The van der Waals surface area contributed by atoms with Crippen molar-refractivity contribution in [1.29, 1.82) is 0 Å². The third-order valence-corrected chi connectivity index (χ3v) is 3.98. The van der Waals surface area contributed by atoms with Crippen LogP contribution in [0.1, 0.15) is 24.4 Å². The van der Waals surface area contributed by atoms with Crippen molar-refractivity contribution in [3.8, 4) is 0 Å². The van der Waals surface area contributed by atoms with Crippen molar-refractivity contribution in [3.05, 3.63) is 33.3 Å². The predicted octanol–water partition coefficient (Wildman–Crippen LogP) is 3.53. The van der Waals surface area contributed by atoms with Gasteiger partial charge in [0.2, 0.25) is 0 Å². The minimum absolute atomic E-state index is 0.00613. The maximum Gasteiger partial charge on any atom is 0.0512 e. The van der Waals surface area contributed by atoms with E-state index >= 15 is 0 Å². The first kappa shape index (κ1) is 12.4. The van der Waals surface area contributed by atoms with E-state index in [9.17, 15) is 0 Å². The van der Waals surface area contributed by atoms with Gasteiger partial charge >= 0.3 is 0 Å². The number of halogens is 2. The molecule has 0 saturated carbocycles. The molecule has 1 aliphatic rings. The summed E-state index contributed by atoms with van der Waals surface area (Å²) in [5.74, 6) is 0.392. The second-order valence-electron chi connectivity index (χ2n) is 4.17. The molecule has 16 heavy (non-hydrogen) atoms. The lowest BCUT2D eigenvalue weighted by molar-refractivity contribution is 0.0447. The molecule has 1 fully saturated rings. The third kappa shape index (κ3) is 2.77. The standard InChI is InChI=1S/C12H15BrClNO/c13-11-4-3-9(14)6-10(11)12(15)8-2-1-5-16-7-8/h3-4,6,8,12H,1-2,5,7,15H2. The lowest BCUT2D eigenvalue weighted by Gasteiger charge is -2.28. The first-order chi connectivity index (χ1) is 7.68. The molecule has 1 aliphatic heterocycles. The molecule has 2 unspecified atom stereocenters. The van der Waals surface area contributed by atoms with Crippen LogP contribution < -0.4 is 5.73 Å². The van der Waals surface area contributed by atoms with Crippen LogP contribution >= 0.6 is 27.5 Å². The molecule has 2 atom stereocenters. The summed E-state index contributed by atoms with van der Waals surface area (Å²) in [5, 5.41) is 0.727. The number of hydrogen-bond acceptors (Lipinski definition) is 2. The summed E-state index contributed by atoms with van der Waals surface area (Å²) in [7, 11) is 0. The van der Waals surface area contributed by atoms with Crippen LogP contribution in [0.4, 0.5) is 0 Å². The SMILES string of the molecule is NC(c1cc(Cl)ccc1Br)C1CCCOC1. The maximum atomic E-state index is 6.27. The molecular weight excluding hydrogens is 289 g/mol. The van der Waals surface area contributed by atoms with Crippen molar-refractivity contribution in [2.75, 3.05) is 13.2 Å². The Bertz CT molecular complexity index is 366. The zero-order chi connectivity index (χ0) is 11.5. The van der Waals surface area contributed by atoms with E-state index in [1.165, 1.54) is 0 Å². The van der Waals surface area contributed by atoms with Gasteiger partial charge in [-0.1, -0.05) is 27.5 Å². The summed E-state index contributed by atoms with van der Waals surface area (Å²) in [6.07, 6.45) is 2.22. The van der Waals surface area contributed by atoms with E-state index in [0.717, 1.165) is 41.1 Å². The van der Waals surface area contributed by atoms with Crippen molar-refractivity contribution in [2.24, 2.45) is 11.7 Å². The Morgan fingerprint density at radius 2 is 2.31 bits per heavy atom. The van der Waals surface area contributed by atoms with Crippen molar-refractivity contribution in [3.63, 3.8) is 0 Å². The van der Waals surface area contributed by atoms with Crippen LogP contribution in [0.15, 0.2) is 22.7 Å². The van der Waals surface area contributed by atoms with Crippen LogP contribution in [0.25, 0.3) is 0 Å². The molecule has 1 saturated heterocycles. The second-order valence-corrected chi connectivity index (χ2v) is 5.46. The molecule has 2 rings (SSSR count). The second kappa shape index (κ2) is 5.50. The molecule has 0 aromatic heterocycles. The van der Waals surface area contributed by atoms with Gasteiger partial charge in [0.25, 0.3) is 0 Å². The van der Waals surface area contributed by atoms with E-state index in [2.05, 4.69) is 15.9 Å². The summed E-state index contributed by atoms with van der Waals surface area (Å²) in [6, 6.07) is 5.74. The van der Waals surface area contributed by atoms with Gasteiger partial charge in [-0.2, -0.15) is 0 Å². The Kier molecular flexibility index (Phi) is 4.25. The average Bonchev–Trinajstić information content (AvgIpc) is 2.32. The number of hydrogen-bond donors (Lipinski definition) is 1. The molecule has 1 heterocycles. The molecule has 0 amide bonds. The Balaban J connectivity index is 2.18. The Labute approximate surface area is 109 Å². The highest BCUT2D eigenvalue weighted by molar-refractivity contribution is 9.10. The zero-order valence-corrected chi connectivity index (χ0v) is 11.3. The van der Waals surface area contributed by atoms with Gasteiger partial charge in [0.05, 0.1) is 6.61 Å². The summed E-state index contributed by atoms with van der Waals surface area (Å²) in [5.41, 5.74) is 7.34. The Hall–Kier alpha value is -0.0900. The van der Waals surface area contributed by atoms with E-state index in [0.29, 0.717) is 5.92 Å². The maximum absolute atomic E-state index is 6.27. The van der Waals surface area contributed by atoms with Crippen LogP contribution in [0, 0.1) is 5.92 Å². The Morgan fingerprint density at radius 3 is 3.00 bits per heavy atom. The van der Waals surface area contributed by atoms with Crippen LogP contribution in [-0.4, -0.2) is 13.2 Å². The first-order valence-corrected chi connectivity index (χ1v) is 6.64. The third-order valence-electron chi connectivity index (χ3n) is 3.02. The monoisotopic (exact) mass is 303 g/mol. The molecule has 2 N–H and O–H groups in total. The number of rotatable bonds is 2. The molecular formula is C12H15BrClNO. The van der Waals surface area contributed by atoms with Crippen LogP contribution in [0.3, 0.4) is 0 Å². The fourth-order valence-corrected chi connectivity index (χ4v) is 2.76. The lowest BCUT2D eigenvalue weighted by atomic mass is 9.89. The highest BCUT2D eigenvalue weighted by atomic mass is 79.9. The fourth-order valence-electron chi connectivity index (χ4n) is 2.07. The van der Waals surface area contributed by atoms with E-state index in [4.69, 9.17) is 22.1 Å². The van der Waals surface area contributed by atoms with Crippen molar-refractivity contribution in [1.82, 2.24) is 0 Å². The topological polar surface area (TPSA) is 35.2 Å². The molecule has 0 aliphatic carbocycles. The normalized spacial score (nSPS) is 23.1. The van der Waals surface area contributed by atoms with Gasteiger partial charge in [0, 0.05) is 28.1 Å². The van der Waals surface area contributed by atoms with Crippen LogP contribution in [0.5, 0.6) is 0 Å². The van der Waals surface area contributed by atoms with Gasteiger partial charge in [-0.05, 0) is 36.6 Å². The highest BCUT2D eigenvalue weighted by Crippen LogP contribution is 2.32. The molecule has 2 nitrogen and oxygen atoms in total. The summed E-state index contributed by atoms with van der Waals surface area (Å²) in [6.45, 7) is 1.61. The fraction of sp³-hybridized carbons (Fsp3) is 0.500. The van der Waals surface area contributed by atoms with Gasteiger partial charge in [-0.3, -0.25) is 0 Å². The van der Waals surface area contributed by atoms with Crippen LogP contribution in [0.2, 0.25) is 5.02 Å². The number of benzene rings is 1. The lowest BCUT2D eigenvalue weighted by Crippen LogP contribution is -2.29. The molecule has 1 aromatic rings. The molecule has 0 radical (unpaired) electrons. The molecule has 0 bridgehead atoms. The van der Waals surface area contributed by atoms with Crippen molar-refractivity contribution >= 4 is 27.5 Å². The summed E-state index contributed by atoms with van der Waals surface area (Å²) < 4.78 is 6.49. The van der Waals surface area contributed by atoms with Gasteiger partial charge in [0.1, 0.15) is 0 Å². The summed E-state index contributed by atoms with van der Waals surface area (Å²) >= 11 is 9.51. The predicted molar refractivity (Wildman–Crippen MR) is 69.6 cm³/mol. The molecule has 0 spiro atoms. The molecule has 4 heteroatoms. The molecule has 88 valence electrons. The average molecular weight is 305 g/mol. The van der Waals surface area contributed by atoms with E-state index in [1.54, 1.807) is 0 Å². The quantitative estimate of drug-likeness (QED) is 0.907. The smallest absolute Gasteiger partial charge is 0.0512 e. The minimum Gasteiger partial charge on any atom is -0.381 e. The van der Waals surface area contributed by atoms with E-state index in [1.807, 2.05) is 18.2 Å². The highest BCUT2D eigenvalue weighted by Gasteiger charge is 2.24. The van der Waals surface area contributed by atoms with Gasteiger partial charge < -0.3 is 10.5 Å².